The third-order valence-electron chi connectivity index (χ3n) is 4.76. The number of benzene rings is 2. The summed E-state index contributed by atoms with van der Waals surface area (Å²) in [6.07, 6.45) is 0.844. The van der Waals surface area contributed by atoms with Crippen LogP contribution in [0.4, 0.5) is 5.69 Å². The van der Waals surface area contributed by atoms with Crippen LogP contribution >= 0.6 is 23.4 Å². The topological polar surface area (TPSA) is 57.7 Å². The molecule has 0 spiro atoms. The molecule has 0 saturated heterocycles. The van der Waals surface area contributed by atoms with Crippen LogP contribution < -0.4 is 4.90 Å². The molecule has 1 amide bonds. The minimum atomic E-state index is -3.71. The molecule has 3 rings (SSSR count). The Kier molecular flexibility index (Phi) is 6.39. The van der Waals surface area contributed by atoms with Gasteiger partial charge in [-0.25, -0.2) is 8.42 Å². The highest BCUT2D eigenvalue weighted by atomic mass is 35.5. The van der Waals surface area contributed by atoms with Crippen LogP contribution in [-0.2, 0) is 10.0 Å². The van der Waals surface area contributed by atoms with Gasteiger partial charge in [-0.05, 0) is 56.4 Å². The molecule has 0 unspecified atom stereocenters. The number of carbonyl (C=O) groups is 1. The molecule has 1 heterocycles. The SMILES string of the molecule is CC(C)N(C)S(=O)(=O)c1ccc(Cl)c(C(=O)N2CCCSc3ccccc32)c1. The summed E-state index contributed by atoms with van der Waals surface area (Å²) in [5, 5.41) is 0.241. The second-order valence-electron chi connectivity index (χ2n) is 6.88. The fourth-order valence-corrected chi connectivity index (χ4v) is 5.54. The third-order valence-corrected chi connectivity index (χ3v) is 8.27. The number of rotatable bonds is 4. The second-order valence-corrected chi connectivity index (χ2v) is 10.4. The van der Waals surface area contributed by atoms with E-state index in [9.17, 15) is 13.2 Å². The molecule has 0 aromatic heterocycles. The van der Waals surface area contributed by atoms with Crippen molar-refractivity contribution in [1.29, 1.82) is 0 Å². The first kappa shape index (κ1) is 21.2. The van der Waals surface area contributed by atoms with Crippen molar-refractivity contribution in [3.05, 3.63) is 53.1 Å². The monoisotopic (exact) mass is 438 g/mol. The van der Waals surface area contributed by atoms with Crippen molar-refractivity contribution in [2.24, 2.45) is 0 Å². The lowest BCUT2D eigenvalue weighted by Crippen LogP contribution is -2.34. The summed E-state index contributed by atoms with van der Waals surface area (Å²) in [5.41, 5.74) is 1.03. The van der Waals surface area contributed by atoms with Crippen molar-refractivity contribution in [2.45, 2.75) is 36.1 Å². The van der Waals surface area contributed by atoms with Crippen LogP contribution in [0.15, 0.2) is 52.3 Å². The molecule has 0 atom stereocenters. The lowest BCUT2D eigenvalue weighted by Gasteiger charge is -2.24. The summed E-state index contributed by atoms with van der Waals surface area (Å²) < 4.78 is 27.0. The van der Waals surface area contributed by atoms with E-state index in [1.165, 1.54) is 29.6 Å². The van der Waals surface area contributed by atoms with Gasteiger partial charge in [-0.2, -0.15) is 4.31 Å². The summed E-state index contributed by atoms with van der Waals surface area (Å²) in [6.45, 7) is 4.15. The lowest BCUT2D eigenvalue weighted by molar-refractivity contribution is 0.0986. The van der Waals surface area contributed by atoms with Gasteiger partial charge in [-0.3, -0.25) is 4.79 Å². The molecule has 0 aliphatic carbocycles. The normalized spacial score (nSPS) is 14.9. The van der Waals surface area contributed by atoms with E-state index in [-0.39, 0.29) is 27.4 Å². The number of hydrogen-bond donors (Lipinski definition) is 0. The molecular formula is C20H23ClN2O3S2. The number of thioether (sulfide) groups is 1. The number of fused-ring (bicyclic) bond motifs is 1. The molecule has 1 aliphatic rings. The number of halogens is 1. The van der Waals surface area contributed by atoms with Gasteiger partial charge in [0, 0.05) is 24.5 Å². The van der Waals surface area contributed by atoms with E-state index in [4.69, 9.17) is 11.6 Å². The van der Waals surface area contributed by atoms with E-state index in [1.54, 1.807) is 30.5 Å². The van der Waals surface area contributed by atoms with Crippen LogP contribution in [-0.4, -0.2) is 44.0 Å². The summed E-state index contributed by atoms with van der Waals surface area (Å²) in [5.74, 6) is 0.631. The Morgan fingerprint density at radius 1 is 1.21 bits per heavy atom. The van der Waals surface area contributed by atoms with Crippen LogP contribution in [0.1, 0.15) is 30.6 Å². The van der Waals surface area contributed by atoms with Crippen molar-refractivity contribution in [3.8, 4) is 0 Å². The van der Waals surface area contributed by atoms with Gasteiger partial charge in [-0.1, -0.05) is 23.7 Å². The van der Waals surface area contributed by atoms with Crippen molar-refractivity contribution in [1.82, 2.24) is 4.31 Å². The number of sulfonamides is 1. The van der Waals surface area contributed by atoms with Gasteiger partial charge in [0.1, 0.15) is 0 Å². The van der Waals surface area contributed by atoms with E-state index in [2.05, 4.69) is 0 Å². The summed E-state index contributed by atoms with van der Waals surface area (Å²) in [7, 11) is -2.18. The van der Waals surface area contributed by atoms with Crippen molar-refractivity contribution in [3.63, 3.8) is 0 Å². The van der Waals surface area contributed by atoms with Gasteiger partial charge in [0.15, 0.2) is 0 Å². The number of carbonyl (C=O) groups excluding carboxylic acids is 1. The molecule has 150 valence electrons. The predicted molar refractivity (Wildman–Crippen MR) is 115 cm³/mol. The average Bonchev–Trinajstić information content (AvgIpc) is 2.89. The molecule has 0 radical (unpaired) electrons. The number of amides is 1. The molecule has 2 aromatic carbocycles. The first-order valence-corrected chi connectivity index (χ1v) is 11.8. The predicted octanol–water partition coefficient (Wildman–Crippen LogP) is 4.51. The summed E-state index contributed by atoms with van der Waals surface area (Å²) >= 11 is 8.02. The fourth-order valence-electron chi connectivity index (χ4n) is 2.96. The third kappa shape index (κ3) is 4.08. The van der Waals surface area contributed by atoms with Gasteiger partial charge in [0.25, 0.3) is 5.91 Å². The highest BCUT2D eigenvalue weighted by molar-refractivity contribution is 7.99. The molecule has 8 heteroatoms. The Balaban J connectivity index is 2.04. The Labute approximate surface area is 175 Å². The largest absolute Gasteiger partial charge is 0.307 e. The zero-order chi connectivity index (χ0) is 20.5. The maximum absolute atomic E-state index is 13.3. The lowest BCUT2D eigenvalue weighted by atomic mass is 10.1. The minimum Gasteiger partial charge on any atom is -0.307 e. The Hall–Kier alpha value is -1.54. The van der Waals surface area contributed by atoms with E-state index < -0.39 is 10.0 Å². The molecule has 2 aromatic rings. The highest BCUT2D eigenvalue weighted by Crippen LogP contribution is 2.35. The van der Waals surface area contributed by atoms with Crippen molar-refractivity contribution >= 4 is 45.0 Å². The van der Waals surface area contributed by atoms with E-state index in [1.807, 2.05) is 24.3 Å². The van der Waals surface area contributed by atoms with Gasteiger partial charge < -0.3 is 4.90 Å². The molecule has 28 heavy (non-hydrogen) atoms. The Morgan fingerprint density at radius 2 is 1.93 bits per heavy atom. The Morgan fingerprint density at radius 3 is 2.64 bits per heavy atom. The Bertz CT molecular complexity index is 993. The summed E-state index contributed by atoms with van der Waals surface area (Å²) in [6, 6.07) is 11.9. The van der Waals surface area contributed by atoms with E-state index >= 15 is 0 Å². The van der Waals surface area contributed by atoms with Crippen molar-refractivity contribution in [2.75, 3.05) is 24.2 Å². The summed E-state index contributed by atoms with van der Waals surface area (Å²) in [4.78, 5) is 16.1. The minimum absolute atomic E-state index is 0.0638. The van der Waals surface area contributed by atoms with E-state index in [0.29, 0.717) is 6.54 Å². The standard InChI is InChI=1S/C20H23ClN2O3S2/c1-14(2)22(3)28(25,26)15-9-10-17(21)16(13-15)20(24)23-11-6-12-27-19-8-5-4-7-18(19)23/h4-5,7-10,13-14H,6,11-12H2,1-3H3. The molecule has 0 bridgehead atoms. The van der Waals surface area contributed by atoms with Gasteiger partial charge in [-0.15, -0.1) is 11.8 Å². The van der Waals surface area contributed by atoms with Crippen LogP contribution in [0.2, 0.25) is 5.02 Å². The van der Waals surface area contributed by atoms with Crippen LogP contribution in [0.3, 0.4) is 0 Å². The molecule has 1 aliphatic heterocycles. The van der Waals surface area contributed by atoms with Crippen LogP contribution in [0, 0.1) is 0 Å². The highest BCUT2D eigenvalue weighted by Gasteiger charge is 2.28. The maximum atomic E-state index is 13.3. The van der Waals surface area contributed by atoms with E-state index in [0.717, 1.165) is 22.8 Å². The van der Waals surface area contributed by atoms with Crippen molar-refractivity contribution < 1.29 is 13.2 Å². The van der Waals surface area contributed by atoms with Crippen LogP contribution in [0.5, 0.6) is 0 Å². The van der Waals surface area contributed by atoms with Gasteiger partial charge in [0.05, 0.1) is 21.2 Å². The smallest absolute Gasteiger partial charge is 0.259 e. The average molecular weight is 439 g/mol. The number of nitrogens with zero attached hydrogens (tertiary/aromatic N) is 2. The van der Waals surface area contributed by atoms with Gasteiger partial charge >= 0.3 is 0 Å². The quantitative estimate of drug-likeness (QED) is 0.704. The zero-order valence-electron chi connectivity index (χ0n) is 16.1. The number of para-hydroxylation sites is 1. The maximum Gasteiger partial charge on any atom is 0.259 e. The number of anilines is 1. The zero-order valence-corrected chi connectivity index (χ0v) is 18.4. The second kappa shape index (κ2) is 8.45. The van der Waals surface area contributed by atoms with Crippen LogP contribution in [0.25, 0.3) is 0 Å². The van der Waals surface area contributed by atoms with Gasteiger partial charge in [0.2, 0.25) is 10.0 Å². The molecular weight excluding hydrogens is 416 g/mol. The fraction of sp³-hybridized carbons (Fsp3) is 0.350. The molecule has 0 fully saturated rings. The molecule has 0 saturated carbocycles. The first-order valence-electron chi connectivity index (χ1n) is 9.04. The first-order chi connectivity index (χ1) is 13.2. The molecule has 5 nitrogen and oxygen atoms in total. The number of hydrogen-bond acceptors (Lipinski definition) is 4. The molecule has 0 N–H and O–H groups in total.